The summed E-state index contributed by atoms with van der Waals surface area (Å²) in [5, 5.41) is 11.2. The predicted octanol–water partition coefficient (Wildman–Crippen LogP) is 2.57. The topological polar surface area (TPSA) is 60.9 Å². The van der Waals surface area contributed by atoms with Crippen molar-refractivity contribution in [2.24, 2.45) is 22.7 Å². The largest absolute Gasteiger partial charge is 0.390 e. The van der Waals surface area contributed by atoms with Crippen molar-refractivity contribution >= 4 is 11.8 Å². The molecule has 1 heterocycles. The van der Waals surface area contributed by atoms with Gasteiger partial charge in [-0.25, -0.2) is 0 Å². The first-order chi connectivity index (χ1) is 12.9. The van der Waals surface area contributed by atoms with Crippen molar-refractivity contribution in [3.63, 3.8) is 0 Å². The Labute approximate surface area is 162 Å². The molecule has 0 aromatic heterocycles. The maximum atomic E-state index is 13.6. The number of carbonyl (C=O) groups excluding carboxylic acids is 2. The molecule has 1 N–H and O–H groups in total. The maximum Gasteiger partial charge on any atom is 0.229 e. The van der Waals surface area contributed by atoms with Gasteiger partial charge in [0.15, 0.2) is 0 Å². The summed E-state index contributed by atoms with van der Waals surface area (Å²) in [6.07, 6.45) is 9.93. The molecule has 5 heteroatoms. The molecule has 4 atom stereocenters. The Morgan fingerprint density at radius 3 is 2.26 bits per heavy atom. The predicted molar refractivity (Wildman–Crippen MR) is 102 cm³/mol. The lowest BCUT2D eigenvalue weighted by molar-refractivity contribution is -0.210. The third-order valence-electron chi connectivity index (χ3n) is 8.69. The molecule has 0 radical (unpaired) electrons. The molecule has 4 unspecified atom stereocenters. The summed E-state index contributed by atoms with van der Waals surface area (Å²) >= 11 is 0. The first-order valence-corrected chi connectivity index (χ1v) is 11.2. The van der Waals surface area contributed by atoms with Crippen LogP contribution in [-0.2, 0) is 9.59 Å². The minimum atomic E-state index is -0.618. The van der Waals surface area contributed by atoms with E-state index in [0.29, 0.717) is 44.4 Å². The average molecular weight is 375 g/mol. The van der Waals surface area contributed by atoms with E-state index in [9.17, 15) is 14.7 Å². The Morgan fingerprint density at radius 1 is 0.963 bits per heavy atom. The lowest BCUT2D eigenvalue weighted by atomic mass is 9.42. The first kappa shape index (κ1) is 18.0. The van der Waals surface area contributed by atoms with Crippen LogP contribution in [0, 0.1) is 22.7 Å². The van der Waals surface area contributed by atoms with Crippen LogP contribution in [-0.4, -0.2) is 58.5 Å². The number of piperazine rings is 1. The number of nitrogens with zero attached hydrogens (tertiary/aromatic N) is 2. The van der Waals surface area contributed by atoms with Crippen LogP contribution in [0.5, 0.6) is 0 Å². The van der Waals surface area contributed by atoms with Gasteiger partial charge in [0.1, 0.15) is 0 Å². The van der Waals surface area contributed by atoms with Gasteiger partial charge in [0.2, 0.25) is 11.8 Å². The lowest BCUT2D eigenvalue weighted by Gasteiger charge is -2.65. The molecule has 1 aliphatic heterocycles. The van der Waals surface area contributed by atoms with E-state index in [4.69, 9.17) is 0 Å². The normalized spacial score (nSPS) is 43.7. The van der Waals surface area contributed by atoms with E-state index < -0.39 is 5.60 Å². The van der Waals surface area contributed by atoms with Gasteiger partial charge in [-0.3, -0.25) is 9.59 Å². The number of rotatable bonds is 3. The molecule has 6 rings (SSSR count). The third kappa shape index (κ3) is 2.75. The number of hydrogen-bond donors (Lipinski definition) is 1. The highest BCUT2D eigenvalue weighted by Gasteiger charge is 2.65. The van der Waals surface area contributed by atoms with Crippen LogP contribution in [0.1, 0.15) is 71.1 Å². The van der Waals surface area contributed by atoms with Gasteiger partial charge in [-0.15, -0.1) is 0 Å². The summed E-state index contributed by atoms with van der Waals surface area (Å²) in [4.78, 5) is 30.1. The Morgan fingerprint density at radius 2 is 1.67 bits per heavy atom. The number of aliphatic hydroxyl groups is 1. The average Bonchev–Trinajstić information content (AvgIpc) is 2.57. The zero-order chi connectivity index (χ0) is 18.9. The Kier molecular flexibility index (Phi) is 3.96. The molecule has 0 aromatic rings. The van der Waals surface area contributed by atoms with Crippen LogP contribution in [0.4, 0.5) is 0 Å². The quantitative estimate of drug-likeness (QED) is 0.826. The van der Waals surface area contributed by atoms with Crippen LogP contribution in [0.15, 0.2) is 0 Å². The molecule has 27 heavy (non-hydrogen) atoms. The third-order valence-corrected chi connectivity index (χ3v) is 8.69. The lowest BCUT2D eigenvalue weighted by Crippen LogP contribution is -2.65. The first-order valence-electron chi connectivity index (χ1n) is 11.2. The Hall–Kier alpha value is -1.10. The highest BCUT2D eigenvalue weighted by atomic mass is 16.3. The highest BCUT2D eigenvalue weighted by Crippen LogP contribution is 2.68. The van der Waals surface area contributed by atoms with Gasteiger partial charge in [-0.2, -0.15) is 0 Å². The fourth-order valence-electron chi connectivity index (χ4n) is 7.60. The van der Waals surface area contributed by atoms with Crippen molar-refractivity contribution in [1.29, 1.82) is 0 Å². The summed E-state index contributed by atoms with van der Waals surface area (Å²) in [6.45, 7) is 4.94. The minimum Gasteiger partial charge on any atom is -0.390 e. The SMILES string of the molecule is CCC12CC3CC(O)(C1)CC(C(=O)N1CCN(C(=O)C4CCC4)CC1)(C3)C2. The second-order valence-corrected chi connectivity index (χ2v) is 10.6. The Balaban J connectivity index is 1.29. The van der Waals surface area contributed by atoms with Crippen molar-refractivity contribution in [1.82, 2.24) is 9.80 Å². The van der Waals surface area contributed by atoms with E-state index in [1.54, 1.807) is 0 Å². The van der Waals surface area contributed by atoms with Gasteiger partial charge in [0.25, 0.3) is 0 Å². The van der Waals surface area contributed by atoms with Gasteiger partial charge in [-0.05, 0) is 62.7 Å². The summed E-state index contributed by atoms with van der Waals surface area (Å²) < 4.78 is 0. The molecule has 4 bridgehead atoms. The molecule has 150 valence electrons. The van der Waals surface area contributed by atoms with Crippen LogP contribution < -0.4 is 0 Å². The standard InChI is InChI=1S/C22H34N2O3/c1-2-20-10-16-11-21(13-20,15-22(27,12-16)14-20)19(26)24-8-6-23(7-9-24)18(25)17-4-3-5-17/h16-17,27H,2-15H2,1H3. The van der Waals surface area contributed by atoms with Gasteiger partial charge in [0.05, 0.1) is 11.0 Å². The molecule has 1 saturated heterocycles. The number of hydrogen-bond acceptors (Lipinski definition) is 3. The molecule has 0 aromatic carbocycles. The fraction of sp³-hybridized carbons (Fsp3) is 0.909. The second kappa shape index (κ2) is 5.95. The van der Waals surface area contributed by atoms with E-state index in [1.807, 2.05) is 9.80 Å². The maximum absolute atomic E-state index is 13.6. The smallest absolute Gasteiger partial charge is 0.229 e. The van der Waals surface area contributed by atoms with Gasteiger partial charge in [-0.1, -0.05) is 19.8 Å². The molecule has 2 amide bonds. The van der Waals surface area contributed by atoms with Gasteiger partial charge in [0, 0.05) is 32.1 Å². The van der Waals surface area contributed by atoms with E-state index in [2.05, 4.69) is 6.92 Å². The monoisotopic (exact) mass is 374 g/mol. The molecular weight excluding hydrogens is 340 g/mol. The molecule has 6 aliphatic rings. The molecule has 5 nitrogen and oxygen atoms in total. The van der Waals surface area contributed by atoms with E-state index in [1.165, 1.54) is 12.8 Å². The van der Waals surface area contributed by atoms with Crippen LogP contribution in [0.25, 0.3) is 0 Å². The highest BCUT2D eigenvalue weighted by molar-refractivity contribution is 5.84. The van der Waals surface area contributed by atoms with Gasteiger partial charge < -0.3 is 14.9 Å². The summed E-state index contributed by atoms with van der Waals surface area (Å²) in [7, 11) is 0. The van der Waals surface area contributed by atoms with Crippen molar-refractivity contribution in [3.8, 4) is 0 Å². The minimum absolute atomic E-state index is 0.172. The molecule has 0 spiro atoms. The summed E-state index contributed by atoms with van der Waals surface area (Å²) in [5.41, 5.74) is -0.788. The summed E-state index contributed by atoms with van der Waals surface area (Å²) in [5.74, 6) is 1.34. The van der Waals surface area contributed by atoms with E-state index in [0.717, 1.165) is 44.9 Å². The van der Waals surface area contributed by atoms with Crippen LogP contribution >= 0.6 is 0 Å². The van der Waals surface area contributed by atoms with Crippen LogP contribution in [0.3, 0.4) is 0 Å². The van der Waals surface area contributed by atoms with Gasteiger partial charge >= 0.3 is 0 Å². The van der Waals surface area contributed by atoms with Crippen molar-refractivity contribution < 1.29 is 14.7 Å². The second-order valence-electron chi connectivity index (χ2n) is 10.6. The molecule has 6 fully saturated rings. The molecule has 5 saturated carbocycles. The van der Waals surface area contributed by atoms with E-state index in [-0.39, 0.29) is 22.7 Å². The van der Waals surface area contributed by atoms with Crippen LogP contribution in [0.2, 0.25) is 0 Å². The fourth-order valence-corrected chi connectivity index (χ4v) is 7.60. The zero-order valence-electron chi connectivity index (χ0n) is 16.7. The van der Waals surface area contributed by atoms with Crippen molar-refractivity contribution in [2.45, 2.75) is 76.7 Å². The van der Waals surface area contributed by atoms with E-state index >= 15 is 0 Å². The molecule has 5 aliphatic carbocycles. The van der Waals surface area contributed by atoms with Crippen molar-refractivity contribution in [2.75, 3.05) is 26.2 Å². The number of amides is 2. The Bertz CT molecular complexity index is 654. The molecular formula is C22H34N2O3. The summed E-state index contributed by atoms with van der Waals surface area (Å²) in [6, 6.07) is 0. The number of carbonyl (C=O) groups is 2. The van der Waals surface area contributed by atoms with Crippen molar-refractivity contribution in [3.05, 3.63) is 0 Å². The zero-order valence-corrected chi connectivity index (χ0v) is 16.7.